The molecule has 0 saturated carbocycles. The zero-order valence-electron chi connectivity index (χ0n) is 13.8. The minimum absolute atomic E-state index is 0.0663. The first-order valence-corrected chi connectivity index (χ1v) is 8.04. The number of nitrogens with one attached hydrogen (secondary N) is 1. The van der Waals surface area contributed by atoms with Gasteiger partial charge in [0.05, 0.1) is 30.9 Å². The van der Waals surface area contributed by atoms with E-state index in [1.54, 1.807) is 12.3 Å². The van der Waals surface area contributed by atoms with Gasteiger partial charge < -0.3 is 15.0 Å². The van der Waals surface area contributed by atoms with Gasteiger partial charge in [-0.1, -0.05) is 12.1 Å². The molecule has 3 rings (SSSR count). The second kappa shape index (κ2) is 7.69. The van der Waals surface area contributed by atoms with E-state index in [2.05, 4.69) is 15.3 Å². The van der Waals surface area contributed by atoms with Crippen LogP contribution in [0.15, 0.2) is 36.5 Å². The standard InChI is InChI=1S/C17H17F3N4O2/c18-17(19,20)13-4-2-1-3-12(13)16(25)22-11-14-21-6-5-15(23-14)24-7-9-26-10-8-24/h1-6H,7-11H2,(H,22,25). The minimum Gasteiger partial charge on any atom is -0.378 e. The normalized spacial score (nSPS) is 15.0. The zero-order chi connectivity index (χ0) is 18.6. The molecule has 138 valence electrons. The molecule has 0 aliphatic carbocycles. The van der Waals surface area contributed by atoms with Crippen LogP contribution in [0.5, 0.6) is 0 Å². The van der Waals surface area contributed by atoms with Gasteiger partial charge in [0.1, 0.15) is 11.6 Å². The fourth-order valence-corrected chi connectivity index (χ4v) is 2.62. The summed E-state index contributed by atoms with van der Waals surface area (Å²) in [5, 5.41) is 2.45. The molecular weight excluding hydrogens is 349 g/mol. The molecule has 0 atom stereocenters. The van der Waals surface area contributed by atoms with Gasteiger partial charge >= 0.3 is 6.18 Å². The number of rotatable bonds is 4. The predicted octanol–water partition coefficient (Wildman–Crippen LogP) is 2.26. The fourth-order valence-electron chi connectivity index (χ4n) is 2.62. The van der Waals surface area contributed by atoms with Gasteiger partial charge in [0.2, 0.25) is 0 Å². The Hall–Kier alpha value is -2.68. The number of carbonyl (C=O) groups is 1. The number of hydrogen-bond donors (Lipinski definition) is 1. The summed E-state index contributed by atoms with van der Waals surface area (Å²) in [6, 6.07) is 6.40. The van der Waals surface area contributed by atoms with E-state index >= 15 is 0 Å². The molecule has 1 aromatic heterocycles. The van der Waals surface area contributed by atoms with Gasteiger partial charge in [-0.2, -0.15) is 13.2 Å². The molecule has 0 spiro atoms. The average Bonchev–Trinajstić information content (AvgIpc) is 2.66. The van der Waals surface area contributed by atoms with Crippen molar-refractivity contribution in [1.29, 1.82) is 0 Å². The van der Waals surface area contributed by atoms with Crippen molar-refractivity contribution in [3.8, 4) is 0 Å². The van der Waals surface area contributed by atoms with Crippen LogP contribution in [0, 0.1) is 0 Å². The number of anilines is 1. The number of benzene rings is 1. The number of nitrogens with zero attached hydrogens (tertiary/aromatic N) is 3. The van der Waals surface area contributed by atoms with Crippen LogP contribution in [-0.4, -0.2) is 42.2 Å². The van der Waals surface area contributed by atoms with Gasteiger partial charge in [0.25, 0.3) is 5.91 Å². The highest BCUT2D eigenvalue weighted by Gasteiger charge is 2.34. The van der Waals surface area contributed by atoms with Crippen LogP contribution in [0.2, 0.25) is 0 Å². The third kappa shape index (κ3) is 4.29. The van der Waals surface area contributed by atoms with Gasteiger partial charge in [-0.25, -0.2) is 9.97 Å². The van der Waals surface area contributed by atoms with E-state index in [1.807, 2.05) is 4.90 Å². The van der Waals surface area contributed by atoms with Crippen LogP contribution in [0.1, 0.15) is 21.7 Å². The molecule has 1 saturated heterocycles. The van der Waals surface area contributed by atoms with E-state index in [9.17, 15) is 18.0 Å². The molecule has 2 heterocycles. The maximum Gasteiger partial charge on any atom is 0.417 e. The van der Waals surface area contributed by atoms with E-state index in [0.29, 0.717) is 37.9 Å². The maximum atomic E-state index is 13.0. The molecule has 0 unspecified atom stereocenters. The summed E-state index contributed by atoms with van der Waals surface area (Å²) in [4.78, 5) is 22.6. The van der Waals surface area contributed by atoms with E-state index in [4.69, 9.17) is 4.74 Å². The van der Waals surface area contributed by atoms with Crippen molar-refractivity contribution < 1.29 is 22.7 Å². The lowest BCUT2D eigenvalue weighted by atomic mass is 10.1. The molecule has 1 aliphatic heterocycles. The molecule has 2 aromatic rings. The summed E-state index contributed by atoms with van der Waals surface area (Å²) in [5.41, 5.74) is -1.40. The quantitative estimate of drug-likeness (QED) is 0.899. The third-order valence-electron chi connectivity index (χ3n) is 3.91. The van der Waals surface area contributed by atoms with Crippen molar-refractivity contribution in [1.82, 2.24) is 15.3 Å². The molecule has 0 radical (unpaired) electrons. The summed E-state index contributed by atoms with van der Waals surface area (Å²) in [5.74, 6) is 0.202. The van der Waals surface area contributed by atoms with Crippen LogP contribution >= 0.6 is 0 Å². The SMILES string of the molecule is O=C(NCc1nccc(N2CCOCC2)n1)c1ccccc1C(F)(F)F. The second-order valence-electron chi connectivity index (χ2n) is 5.66. The molecule has 6 nitrogen and oxygen atoms in total. The smallest absolute Gasteiger partial charge is 0.378 e. The van der Waals surface area contributed by atoms with Crippen molar-refractivity contribution in [2.45, 2.75) is 12.7 Å². The third-order valence-corrected chi connectivity index (χ3v) is 3.91. The monoisotopic (exact) mass is 366 g/mol. The summed E-state index contributed by atoms with van der Waals surface area (Å²) >= 11 is 0. The lowest BCUT2D eigenvalue weighted by Gasteiger charge is -2.27. The van der Waals surface area contributed by atoms with E-state index in [1.165, 1.54) is 12.1 Å². The molecule has 26 heavy (non-hydrogen) atoms. The van der Waals surface area contributed by atoms with Crippen molar-refractivity contribution in [2.24, 2.45) is 0 Å². The number of hydrogen-bond acceptors (Lipinski definition) is 5. The average molecular weight is 366 g/mol. The van der Waals surface area contributed by atoms with Gasteiger partial charge in [0.15, 0.2) is 0 Å². The highest BCUT2D eigenvalue weighted by molar-refractivity contribution is 5.95. The molecule has 1 amide bonds. The van der Waals surface area contributed by atoms with Gasteiger partial charge in [-0.05, 0) is 18.2 Å². The number of alkyl halides is 3. The van der Waals surface area contributed by atoms with Gasteiger partial charge in [0, 0.05) is 19.3 Å². The number of carbonyl (C=O) groups excluding carboxylic acids is 1. The van der Waals surface area contributed by atoms with Crippen molar-refractivity contribution in [3.05, 3.63) is 53.5 Å². The van der Waals surface area contributed by atoms with Gasteiger partial charge in [-0.3, -0.25) is 4.79 Å². The number of morpholine rings is 1. The fraction of sp³-hybridized carbons (Fsp3) is 0.353. The highest BCUT2D eigenvalue weighted by Crippen LogP contribution is 2.31. The number of ether oxygens (including phenoxy) is 1. The van der Waals surface area contributed by atoms with E-state index < -0.39 is 23.2 Å². The Morgan fingerprint density at radius 1 is 1.19 bits per heavy atom. The predicted molar refractivity (Wildman–Crippen MR) is 87.7 cm³/mol. The molecule has 1 fully saturated rings. The lowest BCUT2D eigenvalue weighted by molar-refractivity contribution is -0.137. The number of aromatic nitrogens is 2. The maximum absolute atomic E-state index is 13.0. The van der Waals surface area contributed by atoms with Gasteiger partial charge in [-0.15, -0.1) is 0 Å². The van der Waals surface area contributed by atoms with Crippen LogP contribution in [0.4, 0.5) is 19.0 Å². The molecule has 0 bridgehead atoms. The molecular formula is C17H17F3N4O2. The Morgan fingerprint density at radius 2 is 1.92 bits per heavy atom. The lowest BCUT2D eigenvalue weighted by Crippen LogP contribution is -2.37. The Kier molecular flexibility index (Phi) is 5.36. The summed E-state index contributed by atoms with van der Waals surface area (Å²) in [7, 11) is 0. The summed E-state index contributed by atoms with van der Waals surface area (Å²) < 4.78 is 44.3. The molecule has 1 N–H and O–H groups in total. The first-order valence-electron chi connectivity index (χ1n) is 8.04. The van der Waals surface area contributed by atoms with E-state index in [-0.39, 0.29) is 6.54 Å². The topological polar surface area (TPSA) is 67.4 Å². The van der Waals surface area contributed by atoms with Crippen molar-refractivity contribution in [2.75, 3.05) is 31.2 Å². The first kappa shape index (κ1) is 18.1. The second-order valence-corrected chi connectivity index (χ2v) is 5.66. The Balaban J connectivity index is 1.69. The van der Waals surface area contributed by atoms with E-state index in [0.717, 1.165) is 12.1 Å². The van der Waals surface area contributed by atoms with Crippen molar-refractivity contribution in [3.63, 3.8) is 0 Å². The molecule has 1 aromatic carbocycles. The van der Waals surface area contributed by atoms with Crippen molar-refractivity contribution >= 4 is 11.7 Å². The minimum atomic E-state index is -4.60. The Bertz CT molecular complexity index is 777. The number of halogens is 3. The Labute approximate surface area is 148 Å². The van der Waals surface area contributed by atoms with Crippen LogP contribution in [-0.2, 0) is 17.5 Å². The van der Waals surface area contributed by atoms with Crippen LogP contribution in [0.3, 0.4) is 0 Å². The number of amides is 1. The van der Waals surface area contributed by atoms with Crippen LogP contribution in [0.25, 0.3) is 0 Å². The Morgan fingerprint density at radius 3 is 2.65 bits per heavy atom. The highest BCUT2D eigenvalue weighted by atomic mass is 19.4. The summed E-state index contributed by atoms with van der Waals surface area (Å²) in [6.45, 7) is 2.53. The largest absolute Gasteiger partial charge is 0.417 e. The molecule has 9 heteroatoms. The summed E-state index contributed by atoms with van der Waals surface area (Å²) in [6.07, 6.45) is -3.04. The zero-order valence-corrected chi connectivity index (χ0v) is 13.8. The molecule has 1 aliphatic rings. The first-order chi connectivity index (χ1) is 12.4. The van der Waals surface area contributed by atoms with Crippen LogP contribution < -0.4 is 10.2 Å².